The molecule has 0 bridgehead atoms. The molecular formula is C33H28FNO5. The maximum absolute atomic E-state index is 13.6. The number of halogens is 1. The summed E-state index contributed by atoms with van der Waals surface area (Å²) in [5.41, 5.74) is 2.73. The van der Waals surface area contributed by atoms with Gasteiger partial charge in [-0.1, -0.05) is 66.7 Å². The molecule has 0 radical (unpaired) electrons. The van der Waals surface area contributed by atoms with E-state index in [1.54, 1.807) is 18.2 Å². The van der Waals surface area contributed by atoms with Crippen LogP contribution in [0.25, 0.3) is 5.76 Å². The number of ether oxygens (including phenoxy) is 2. The number of carbonyl (C=O) groups is 2. The molecule has 40 heavy (non-hydrogen) atoms. The molecule has 0 aliphatic carbocycles. The van der Waals surface area contributed by atoms with Gasteiger partial charge in [-0.3, -0.25) is 9.59 Å². The Bertz CT molecular complexity index is 1530. The normalized spacial score (nSPS) is 16.2. The summed E-state index contributed by atoms with van der Waals surface area (Å²) in [5, 5.41) is 11.2. The third-order valence-corrected chi connectivity index (χ3v) is 6.88. The van der Waals surface area contributed by atoms with Gasteiger partial charge in [0, 0.05) is 12.1 Å². The van der Waals surface area contributed by atoms with Crippen LogP contribution in [-0.4, -0.2) is 35.4 Å². The molecule has 4 aromatic carbocycles. The van der Waals surface area contributed by atoms with Gasteiger partial charge in [0.2, 0.25) is 0 Å². The Morgan fingerprint density at radius 3 is 2.15 bits per heavy atom. The third kappa shape index (κ3) is 5.59. The minimum absolute atomic E-state index is 0.0651. The van der Waals surface area contributed by atoms with E-state index in [2.05, 4.69) is 0 Å². The SMILES string of the molecule is COc1cc(C2/C(=C(\O)c3ccc(F)cc3)C(=O)C(=O)N2CCc2ccccc2)ccc1OCc1ccccc1. The first-order valence-electron chi connectivity index (χ1n) is 12.9. The number of amides is 1. The highest BCUT2D eigenvalue weighted by Crippen LogP contribution is 2.42. The minimum atomic E-state index is -0.883. The van der Waals surface area contributed by atoms with Gasteiger partial charge in [0.05, 0.1) is 18.7 Å². The number of methoxy groups -OCH3 is 1. The van der Waals surface area contributed by atoms with Crippen molar-refractivity contribution in [1.82, 2.24) is 4.90 Å². The van der Waals surface area contributed by atoms with Gasteiger partial charge in [0.1, 0.15) is 18.2 Å². The van der Waals surface area contributed by atoms with E-state index < -0.39 is 23.5 Å². The first-order chi connectivity index (χ1) is 19.5. The predicted octanol–water partition coefficient (Wildman–Crippen LogP) is 6.08. The second kappa shape index (κ2) is 11.9. The highest BCUT2D eigenvalue weighted by atomic mass is 19.1. The summed E-state index contributed by atoms with van der Waals surface area (Å²) in [6, 6.07) is 28.8. The van der Waals surface area contributed by atoms with E-state index in [0.717, 1.165) is 11.1 Å². The van der Waals surface area contributed by atoms with Crippen LogP contribution in [0.1, 0.15) is 28.3 Å². The molecule has 1 unspecified atom stereocenters. The van der Waals surface area contributed by atoms with E-state index in [1.807, 2.05) is 60.7 Å². The van der Waals surface area contributed by atoms with Crippen molar-refractivity contribution in [3.8, 4) is 11.5 Å². The Balaban J connectivity index is 1.53. The molecule has 0 aromatic heterocycles. The fourth-order valence-corrected chi connectivity index (χ4v) is 4.82. The zero-order chi connectivity index (χ0) is 28.1. The van der Waals surface area contributed by atoms with Crippen LogP contribution in [0.2, 0.25) is 0 Å². The van der Waals surface area contributed by atoms with E-state index in [-0.39, 0.29) is 23.4 Å². The Hall–Kier alpha value is -4.91. The van der Waals surface area contributed by atoms with Crippen molar-refractivity contribution in [3.63, 3.8) is 0 Å². The molecule has 1 N–H and O–H groups in total. The fraction of sp³-hybridized carbons (Fsp3) is 0.152. The number of nitrogens with zero attached hydrogens (tertiary/aromatic N) is 1. The monoisotopic (exact) mass is 537 g/mol. The number of aliphatic hydroxyl groups excluding tert-OH is 1. The van der Waals surface area contributed by atoms with E-state index in [1.165, 1.54) is 36.3 Å². The van der Waals surface area contributed by atoms with Crippen molar-refractivity contribution in [1.29, 1.82) is 0 Å². The molecule has 1 amide bonds. The largest absolute Gasteiger partial charge is 0.507 e. The number of hydrogen-bond acceptors (Lipinski definition) is 5. The van der Waals surface area contributed by atoms with Gasteiger partial charge in [0.25, 0.3) is 11.7 Å². The van der Waals surface area contributed by atoms with E-state index >= 15 is 0 Å². The molecule has 1 aliphatic heterocycles. The Labute approximate surface area is 231 Å². The number of aliphatic hydroxyl groups is 1. The molecule has 0 spiro atoms. The lowest BCUT2D eigenvalue weighted by Gasteiger charge is -2.26. The topological polar surface area (TPSA) is 76.1 Å². The Kier molecular flexibility index (Phi) is 7.92. The lowest BCUT2D eigenvalue weighted by atomic mass is 9.94. The summed E-state index contributed by atoms with van der Waals surface area (Å²) < 4.78 is 25.2. The summed E-state index contributed by atoms with van der Waals surface area (Å²) in [4.78, 5) is 28.1. The molecule has 5 rings (SSSR count). The van der Waals surface area contributed by atoms with Crippen molar-refractivity contribution < 1.29 is 28.6 Å². The first kappa shape index (κ1) is 26.7. The number of rotatable bonds is 9. The summed E-state index contributed by atoms with van der Waals surface area (Å²) in [6.07, 6.45) is 0.510. The van der Waals surface area contributed by atoms with Crippen molar-refractivity contribution in [2.24, 2.45) is 0 Å². The van der Waals surface area contributed by atoms with Gasteiger partial charge >= 0.3 is 0 Å². The predicted molar refractivity (Wildman–Crippen MR) is 149 cm³/mol. The van der Waals surface area contributed by atoms with Crippen molar-refractivity contribution in [3.05, 3.63) is 137 Å². The van der Waals surface area contributed by atoms with E-state index in [9.17, 15) is 19.1 Å². The number of ketones is 1. The van der Waals surface area contributed by atoms with Crippen molar-refractivity contribution in [2.45, 2.75) is 19.1 Å². The average Bonchev–Trinajstić information content (AvgIpc) is 3.25. The van der Waals surface area contributed by atoms with E-state index in [4.69, 9.17) is 9.47 Å². The van der Waals surface area contributed by atoms with Gasteiger partial charge in [-0.05, 0) is 59.5 Å². The lowest BCUT2D eigenvalue weighted by Crippen LogP contribution is -2.31. The smallest absolute Gasteiger partial charge is 0.295 e. The van der Waals surface area contributed by atoms with Crippen LogP contribution in [0, 0.1) is 5.82 Å². The standard InChI is InChI=1S/C33H28FNO5/c1-39-28-20-25(14-17-27(28)40-21-23-10-6-3-7-11-23)30-29(31(36)24-12-15-26(34)16-13-24)32(37)33(38)35(30)19-18-22-8-4-2-5-9-22/h2-17,20,30,36H,18-19,21H2,1H3/b31-29+. The molecule has 4 aromatic rings. The molecule has 1 fully saturated rings. The molecule has 202 valence electrons. The lowest BCUT2D eigenvalue weighted by molar-refractivity contribution is -0.139. The van der Waals surface area contributed by atoms with Gasteiger partial charge in [-0.25, -0.2) is 4.39 Å². The first-order valence-corrected chi connectivity index (χ1v) is 12.9. The highest BCUT2D eigenvalue weighted by Gasteiger charge is 2.46. The van der Waals surface area contributed by atoms with Gasteiger partial charge in [0.15, 0.2) is 11.5 Å². The number of hydrogen-bond donors (Lipinski definition) is 1. The molecule has 1 saturated heterocycles. The Morgan fingerprint density at radius 2 is 1.50 bits per heavy atom. The van der Waals surface area contributed by atoms with Gasteiger partial charge in [-0.15, -0.1) is 0 Å². The van der Waals surface area contributed by atoms with Crippen molar-refractivity contribution in [2.75, 3.05) is 13.7 Å². The maximum Gasteiger partial charge on any atom is 0.295 e. The molecule has 1 atom stereocenters. The minimum Gasteiger partial charge on any atom is -0.507 e. The fourth-order valence-electron chi connectivity index (χ4n) is 4.82. The van der Waals surface area contributed by atoms with Crippen LogP contribution >= 0.6 is 0 Å². The molecule has 6 nitrogen and oxygen atoms in total. The van der Waals surface area contributed by atoms with Crippen LogP contribution in [0.15, 0.2) is 109 Å². The van der Waals surface area contributed by atoms with Crippen molar-refractivity contribution >= 4 is 17.4 Å². The second-order valence-electron chi connectivity index (χ2n) is 9.42. The average molecular weight is 538 g/mol. The molecular weight excluding hydrogens is 509 g/mol. The summed E-state index contributed by atoms with van der Waals surface area (Å²) in [7, 11) is 1.51. The molecule has 1 aliphatic rings. The van der Waals surface area contributed by atoms with Crippen LogP contribution < -0.4 is 9.47 Å². The zero-order valence-electron chi connectivity index (χ0n) is 21.9. The molecule has 1 heterocycles. The van der Waals surface area contributed by atoms with Gasteiger partial charge in [-0.2, -0.15) is 0 Å². The number of benzene rings is 4. The number of carbonyl (C=O) groups excluding carboxylic acids is 2. The Morgan fingerprint density at radius 1 is 0.850 bits per heavy atom. The molecule has 0 saturated carbocycles. The van der Waals surface area contributed by atoms with Crippen LogP contribution in [0.5, 0.6) is 11.5 Å². The third-order valence-electron chi connectivity index (χ3n) is 6.88. The molecule has 7 heteroatoms. The highest BCUT2D eigenvalue weighted by molar-refractivity contribution is 6.46. The van der Waals surface area contributed by atoms with E-state index in [0.29, 0.717) is 30.1 Å². The van der Waals surface area contributed by atoms with Gasteiger partial charge < -0.3 is 19.5 Å². The van der Waals surface area contributed by atoms with Crippen LogP contribution in [0.4, 0.5) is 4.39 Å². The van der Waals surface area contributed by atoms with Crippen LogP contribution in [0.3, 0.4) is 0 Å². The number of likely N-dealkylation sites (tertiary alicyclic amines) is 1. The summed E-state index contributed by atoms with van der Waals surface area (Å²) >= 11 is 0. The van der Waals surface area contributed by atoms with Crippen LogP contribution in [-0.2, 0) is 22.6 Å². The summed E-state index contributed by atoms with van der Waals surface area (Å²) in [5.74, 6) is -1.45. The second-order valence-corrected chi connectivity index (χ2v) is 9.42. The zero-order valence-corrected chi connectivity index (χ0v) is 21.9. The number of Topliss-reactive ketones (excluding diaryl/α,β-unsaturated/α-hetero) is 1. The quantitative estimate of drug-likeness (QED) is 0.159. The summed E-state index contributed by atoms with van der Waals surface area (Å²) in [6.45, 7) is 0.574. The maximum atomic E-state index is 13.6.